The SMILES string of the molecule is CC(C)(C)Cn1ncc2cc(I)ccc21. The van der Waals surface area contributed by atoms with Crippen LogP contribution in [0.5, 0.6) is 0 Å². The smallest absolute Gasteiger partial charge is 0.0683 e. The average molecular weight is 314 g/mol. The van der Waals surface area contributed by atoms with Crippen molar-refractivity contribution in [3.05, 3.63) is 28.0 Å². The summed E-state index contributed by atoms with van der Waals surface area (Å²) in [6.45, 7) is 7.64. The second kappa shape index (κ2) is 3.77. The molecule has 2 rings (SSSR count). The van der Waals surface area contributed by atoms with Crippen LogP contribution in [-0.4, -0.2) is 9.78 Å². The van der Waals surface area contributed by atoms with Crippen molar-refractivity contribution in [2.45, 2.75) is 27.3 Å². The first kappa shape index (κ1) is 10.9. The van der Waals surface area contributed by atoms with Crippen LogP contribution in [0.15, 0.2) is 24.4 Å². The number of aromatic nitrogens is 2. The third-order valence-electron chi connectivity index (χ3n) is 2.23. The lowest BCUT2D eigenvalue weighted by atomic mass is 9.97. The van der Waals surface area contributed by atoms with Crippen molar-refractivity contribution in [2.75, 3.05) is 0 Å². The van der Waals surface area contributed by atoms with Gasteiger partial charge in [0.15, 0.2) is 0 Å². The lowest BCUT2D eigenvalue weighted by Crippen LogP contribution is -2.16. The number of benzene rings is 1. The molecule has 1 aromatic heterocycles. The van der Waals surface area contributed by atoms with Gasteiger partial charge in [0.05, 0.1) is 11.7 Å². The zero-order chi connectivity index (χ0) is 11.1. The summed E-state index contributed by atoms with van der Waals surface area (Å²) in [6.07, 6.45) is 1.95. The van der Waals surface area contributed by atoms with Crippen LogP contribution in [0.3, 0.4) is 0 Å². The largest absolute Gasteiger partial charge is 0.264 e. The Morgan fingerprint density at radius 2 is 2.07 bits per heavy atom. The molecule has 0 saturated carbocycles. The highest BCUT2D eigenvalue weighted by Crippen LogP contribution is 2.21. The molecular weight excluding hydrogens is 299 g/mol. The zero-order valence-electron chi connectivity index (χ0n) is 9.29. The summed E-state index contributed by atoms with van der Waals surface area (Å²) < 4.78 is 3.35. The van der Waals surface area contributed by atoms with E-state index in [0.29, 0.717) is 0 Å². The van der Waals surface area contributed by atoms with Crippen LogP contribution >= 0.6 is 22.6 Å². The van der Waals surface area contributed by atoms with Crippen molar-refractivity contribution < 1.29 is 0 Å². The van der Waals surface area contributed by atoms with Crippen LogP contribution in [0.2, 0.25) is 0 Å². The highest BCUT2D eigenvalue weighted by molar-refractivity contribution is 14.1. The van der Waals surface area contributed by atoms with E-state index < -0.39 is 0 Å². The lowest BCUT2D eigenvalue weighted by molar-refractivity contribution is 0.331. The number of hydrogen-bond donors (Lipinski definition) is 0. The van der Waals surface area contributed by atoms with Gasteiger partial charge in [-0.3, -0.25) is 4.68 Å². The number of nitrogens with zero attached hydrogens (tertiary/aromatic N) is 2. The molecule has 2 nitrogen and oxygen atoms in total. The summed E-state index contributed by atoms with van der Waals surface area (Å²) >= 11 is 2.33. The van der Waals surface area contributed by atoms with Gasteiger partial charge in [0.2, 0.25) is 0 Å². The van der Waals surface area contributed by atoms with Crippen LogP contribution in [-0.2, 0) is 6.54 Å². The molecule has 2 aromatic rings. The summed E-state index contributed by atoms with van der Waals surface area (Å²) in [5.41, 5.74) is 1.49. The van der Waals surface area contributed by atoms with Crippen molar-refractivity contribution in [3.63, 3.8) is 0 Å². The Balaban J connectivity index is 2.45. The normalized spacial score (nSPS) is 12.3. The predicted molar refractivity (Wildman–Crippen MR) is 71.9 cm³/mol. The topological polar surface area (TPSA) is 17.8 Å². The molecule has 0 aliphatic heterocycles. The summed E-state index contributed by atoms with van der Waals surface area (Å²) in [6, 6.07) is 6.45. The molecular formula is C12H15IN2. The highest BCUT2D eigenvalue weighted by Gasteiger charge is 2.13. The van der Waals surface area contributed by atoms with E-state index in [0.717, 1.165) is 6.54 Å². The highest BCUT2D eigenvalue weighted by atomic mass is 127. The Morgan fingerprint density at radius 1 is 1.33 bits per heavy atom. The van der Waals surface area contributed by atoms with Crippen molar-refractivity contribution in [2.24, 2.45) is 5.41 Å². The van der Waals surface area contributed by atoms with Gasteiger partial charge < -0.3 is 0 Å². The molecule has 80 valence electrons. The van der Waals surface area contributed by atoms with Crippen molar-refractivity contribution in [3.8, 4) is 0 Å². The van der Waals surface area contributed by atoms with E-state index in [1.54, 1.807) is 0 Å². The molecule has 0 unspecified atom stereocenters. The first-order valence-electron chi connectivity index (χ1n) is 5.07. The molecule has 0 aliphatic rings. The molecule has 0 spiro atoms. The van der Waals surface area contributed by atoms with Crippen LogP contribution in [0.4, 0.5) is 0 Å². The summed E-state index contributed by atoms with van der Waals surface area (Å²) in [4.78, 5) is 0. The Kier molecular flexibility index (Phi) is 2.75. The third kappa shape index (κ3) is 2.51. The molecule has 0 fully saturated rings. The van der Waals surface area contributed by atoms with Crippen LogP contribution in [0.1, 0.15) is 20.8 Å². The van der Waals surface area contributed by atoms with Crippen molar-refractivity contribution in [1.82, 2.24) is 9.78 Å². The van der Waals surface area contributed by atoms with E-state index in [4.69, 9.17) is 0 Å². The van der Waals surface area contributed by atoms with Gasteiger partial charge >= 0.3 is 0 Å². The summed E-state index contributed by atoms with van der Waals surface area (Å²) in [5.74, 6) is 0. The number of hydrogen-bond acceptors (Lipinski definition) is 1. The van der Waals surface area contributed by atoms with Crippen LogP contribution in [0, 0.1) is 8.99 Å². The summed E-state index contributed by atoms with van der Waals surface area (Å²) in [5, 5.41) is 5.66. The molecule has 0 saturated heterocycles. The summed E-state index contributed by atoms with van der Waals surface area (Å²) in [7, 11) is 0. The Labute approximate surface area is 104 Å². The minimum atomic E-state index is 0.266. The van der Waals surface area contributed by atoms with Gasteiger partial charge in [-0.15, -0.1) is 0 Å². The van der Waals surface area contributed by atoms with Crippen molar-refractivity contribution in [1.29, 1.82) is 0 Å². The van der Waals surface area contributed by atoms with E-state index in [1.165, 1.54) is 14.5 Å². The standard InChI is InChI=1S/C12H15IN2/c1-12(2,3)8-15-11-5-4-10(13)6-9(11)7-14-15/h4-7H,8H2,1-3H3. The second-order valence-corrected chi connectivity index (χ2v) is 6.31. The van der Waals surface area contributed by atoms with Gasteiger partial charge in [-0.25, -0.2) is 0 Å². The third-order valence-corrected chi connectivity index (χ3v) is 2.90. The minimum absolute atomic E-state index is 0.266. The maximum absolute atomic E-state index is 4.44. The van der Waals surface area contributed by atoms with Crippen LogP contribution < -0.4 is 0 Å². The lowest BCUT2D eigenvalue weighted by Gasteiger charge is -2.18. The van der Waals surface area contributed by atoms with E-state index >= 15 is 0 Å². The van der Waals surface area contributed by atoms with E-state index in [9.17, 15) is 0 Å². The van der Waals surface area contributed by atoms with E-state index in [-0.39, 0.29) is 5.41 Å². The number of fused-ring (bicyclic) bond motifs is 1. The monoisotopic (exact) mass is 314 g/mol. The Morgan fingerprint density at radius 3 is 2.73 bits per heavy atom. The fraction of sp³-hybridized carbons (Fsp3) is 0.417. The molecule has 0 N–H and O–H groups in total. The van der Waals surface area contributed by atoms with Gasteiger partial charge in [0.25, 0.3) is 0 Å². The molecule has 1 aromatic carbocycles. The zero-order valence-corrected chi connectivity index (χ0v) is 11.4. The second-order valence-electron chi connectivity index (χ2n) is 5.07. The van der Waals surface area contributed by atoms with Gasteiger partial charge in [-0.1, -0.05) is 20.8 Å². The molecule has 0 amide bonds. The van der Waals surface area contributed by atoms with Gasteiger partial charge in [0, 0.05) is 15.5 Å². The van der Waals surface area contributed by atoms with E-state index in [2.05, 4.69) is 71.3 Å². The molecule has 0 atom stereocenters. The first-order valence-corrected chi connectivity index (χ1v) is 6.15. The molecule has 0 radical (unpaired) electrons. The van der Waals surface area contributed by atoms with Gasteiger partial charge in [-0.05, 0) is 46.2 Å². The van der Waals surface area contributed by atoms with Gasteiger partial charge in [0.1, 0.15) is 0 Å². The average Bonchev–Trinajstić information content (AvgIpc) is 2.45. The maximum Gasteiger partial charge on any atom is 0.0683 e. The Bertz CT molecular complexity index is 480. The number of rotatable bonds is 1. The molecule has 0 bridgehead atoms. The van der Waals surface area contributed by atoms with E-state index in [1.807, 2.05) is 6.20 Å². The predicted octanol–water partition coefficient (Wildman–Crippen LogP) is 3.69. The molecule has 3 heteroatoms. The van der Waals surface area contributed by atoms with Crippen LogP contribution in [0.25, 0.3) is 10.9 Å². The molecule has 1 heterocycles. The maximum atomic E-state index is 4.44. The van der Waals surface area contributed by atoms with Crippen molar-refractivity contribution >= 4 is 33.5 Å². The van der Waals surface area contributed by atoms with Gasteiger partial charge in [-0.2, -0.15) is 5.10 Å². The first-order chi connectivity index (χ1) is 6.96. The quantitative estimate of drug-likeness (QED) is 0.734. The fourth-order valence-corrected chi connectivity index (χ4v) is 2.15. The minimum Gasteiger partial charge on any atom is -0.264 e. The molecule has 0 aliphatic carbocycles. The number of halogens is 1. The Hall–Kier alpha value is -0.580. The fourth-order valence-electron chi connectivity index (χ4n) is 1.63. The molecule has 15 heavy (non-hydrogen) atoms.